The third kappa shape index (κ3) is 2.50. The largest absolute Gasteiger partial charge is 0.508 e. The summed E-state index contributed by atoms with van der Waals surface area (Å²) in [4.78, 5) is 12.6. The number of carbonyl (C=O) groups is 1. The molecular weight excluding hydrogens is 222 g/mol. The van der Waals surface area contributed by atoms with Crippen LogP contribution in [0.1, 0.15) is 5.56 Å². The molecule has 1 saturated heterocycles. The van der Waals surface area contributed by atoms with Crippen LogP contribution in [-0.2, 0) is 11.3 Å². The molecule has 0 aromatic heterocycles. The van der Waals surface area contributed by atoms with Crippen molar-refractivity contribution < 1.29 is 19.7 Å². The standard InChI is InChI=1S/C12H15NO4/c1-17-10-2-3-11(14)8(4-10)5-13-6-9(7-13)12(15)16/h2-4,9,14H,5-7H2,1H3,(H,15,16). The Kier molecular flexibility index (Phi) is 3.19. The summed E-state index contributed by atoms with van der Waals surface area (Å²) in [5, 5.41) is 18.4. The number of methoxy groups -OCH3 is 1. The zero-order valence-electron chi connectivity index (χ0n) is 9.59. The second kappa shape index (κ2) is 4.63. The molecule has 0 unspecified atom stereocenters. The highest BCUT2D eigenvalue weighted by Gasteiger charge is 2.32. The molecule has 1 aliphatic heterocycles. The van der Waals surface area contributed by atoms with Crippen LogP contribution in [0.4, 0.5) is 0 Å². The SMILES string of the molecule is COc1ccc(O)c(CN2CC(C(=O)O)C2)c1. The Morgan fingerprint density at radius 3 is 2.82 bits per heavy atom. The van der Waals surface area contributed by atoms with Crippen LogP contribution in [0.25, 0.3) is 0 Å². The number of hydrogen-bond acceptors (Lipinski definition) is 4. The molecule has 5 heteroatoms. The van der Waals surface area contributed by atoms with E-state index in [2.05, 4.69) is 0 Å². The van der Waals surface area contributed by atoms with Crippen LogP contribution >= 0.6 is 0 Å². The van der Waals surface area contributed by atoms with Gasteiger partial charge in [0.2, 0.25) is 0 Å². The van der Waals surface area contributed by atoms with Crippen molar-refractivity contribution in [3.8, 4) is 11.5 Å². The van der Waals surface area contributed by atoms with E-state index in [0.29, 0.717) is 25.4 Å². The highest BCUT2D eigenvalue weighted by molar-refractivity contribution is 5.71. The predicted octanol–water partition coefficient (Wildman–Crippen LogP) is 0.917. The molecule has 0 atom stereocenters. The summed E-state index contributed by atoms with van der Waals surface area (Å²) in [7, 11) is 1.57. The van der Waals surface area contributed by atoms with Crippen molar-refractivity contribution in [2.24, 2.45) is 5.92 Å². The number of rotatable bonds is 4. The minimum absolute atomic E-state index is 0.213. The molecule has 2 N–H and O–H groups in total. The number of nitrogens with zero attached hydrogens (tertiary/aromatic N) is 1. The molecule has 0 radical (unpaired) electrons. The number of phenols is 1. The van der Waals surface area contributed by atoms with E-state index in [9.17, 15) is 9.90 Å². The van der Waals surface area contributed by atoms with Gasteiger partial charge in [0.25, 0.3) is 0 Å². The Balaban J connectivity index is 1.98. The van der Waals surface area contributed by atoms with Gasteiger partial charge in [-0.25, -0.2) is 0 Å². The maximum Gasteiger partial charge on any atom is 0.309 e. The Labute approximate surface area is 99.2 Å². The molecule has 0 amide bonds. The molecule has 92 valence electrons. The molecule has 1 aliphatic rings. The van der Waals surface area contributed by atoms with Crippen molar-refractivity contribution in [3.05, 3.63) is 23.8 Å². The number of aromatic hydroxyl groups is 1. The van der Waals surface area contributed by atoms with Gasteiger partial charge in [-0.15, -0.1) is 0 Å². The van der Waals surface area contributed by atoms with E-state index in [1.807, 2.05) is 4.90 Å². The van der Waals surface area contributed by atoms with Crippen molar-refractivity contribution in [1.29, 1.82) is 0 Å². The Morgan fingerprint density at radius 1 is 1.53 bits per heavy atom. The molecule has 0 spiro atoms. The smallest absolute Gasteiger partial charge is 0.309 e. The number of ether oxygens (including phenoxy) is 1. The van der Waals surface area contributed by atoms with E-state index in [4.69, 9.17) is 9.84 Å². The molecular formula is C12H15NO4. The van der Waals surface area contributed by atoms with Crippen LogP contribution in [0.5, 0.6) is 11.5 Å². The second-order valence-corrected chi connectivity index (χ2v) is 4.22. The van der Waals surface area contributed by atoms with Crippen molar-refractivity contribution in [1.82, 2.24) is 4.90 Å². The molecule has 1 fully saturated rings. The van der Waals surface area contributed by atoms with E-state index < -0.39 is 5.97 Å². The predicted molar refractivity (Wildman–Crippen MR) is 61.1 cm³/mol. The number of benzene rings is 1. The zero-order chi connectivity index (χ0) is 12.4. The number of carboxylic acid groups (broad SMARTS) is 1. The van der Waals surface area contributed by atoms with E-state index >= 15 is 0 Å². The van der Waals surface area contributed by atoms with Gasteiger partial charge < -0.3 is 14.9 Å². The van der Waals surface area contributed by atoms with Crippen LogP contribution in [0.3, 0.4) is 0 Å². The number of aliphatic carboxylic acids is 1. The van der Waals surface area contributed by atoms with E-state index in [0.717, 1.165) is 5.56 Å². The molecule has 0 saturated carbocycles. The lowest BCUT2D eigenvalue weighted by molar-refractivity contribution is -0.147. The molecule has 2 rings (SSSR count). The first-order valence-corrected chi connectivity index (χ1v) is 5.41. The normalized spacial score (nSPS) is 16.5. The summed E-state index contributed by atoms with van der Waals surface area (Å²) in [6.07, 6.45) is 0. The van der Waals surface area contributed by atoms with Gasteiger partial charge >= 0.3 is 5.97 Å². The van der Waals surface area contributed by atoms with Gasteiger partial charge in [0.15, 0.2) is 0 Å². The maximum atomic E-state index is 10.7. The molecule has 0 bridgehead atoms. The Bertz CT molecular complexity index is 427. The molecule has 17 heavy (non-hydrogen) atoms. The van der Waals surface area contributed by atoms with Crippen molar-refractivity contribution in [2.45, 2.75) is 6.54 Å². The minimum Gasteiger partial charge on any atom is -0.508 e. The monoisotopic (exact) mass is 237 g/mol. The van der Waals surface area contributed by atoms with Crippen LogP contribution in [0.15, 0.2) is 18.2 Å². The fourth-order valence-corrected chi connectivity index (χ4v) is 1.91. The average molecular weight is 237 g/mol. The van der Waals surface area contributed by atoms with Crippen LogP contribution in [-0.4, -0.2) is 41.3 Å². The molecule has 1 heterocycles. The van der Waals surface area contributed by atoms with Crippen molar-refractivity contribution in [3.63, 3.8) is 0 Å². The van der Waals surface area contributed by atoms with E-state index in [1.54, 1.807) is 25.3 Å². The third-order valence-corrected chi connectivity index (χ3v) is 2.99. The minimum atomic E-state index is -0.754. The molecule has 0 aliphatic carbocycles. The highest BCUT2D eigenvalue weighted by Crippen LogP contribution is 2.27. The highest BCUT2D eigenvalue weighted by atomic mass is 16.5. The molecule has 5 nitrogen and oxygen atoms in total. The lowest BCUT2D eigenvalue weighted by atomic mass is 9.99. The first-order chi connectivity index (χ1) is 8.10. The summed E-state index contributed by atoms with van der Waals surface area (Å²) in [5.74, 6) is -0.128. The molecule has 1 aromatic rings. The van der Waals surface area contributed by atoms with Crippen molar-refractivity contribution >= 4 is 5.97 Å². The number of carboxylic acids is 1. The van der Waals surface area contributed by atoms with Gasteiger partial charge in [-0.3, -0.25) is 9.69 Å². The summed E-state index contributed by atoms with van der Waals surface area (Å²) >= 11 is 0. The first kappa shape index (κ1) is 11.7. The Hall–Kier alpha value is -1.75. The van der Waals surface area contributed by atoms with E-state index in [-0.39, 0.29) is 11.7 Å². The Morgan fingerprint density at radius 2 is 2.24 bits per heavy atom. The van der Waals surface area contributed by atoms with Gasteiger partial charge in [0.05, 0.1) is 13.0 Å². The molecule has 1 aromatic carbocycles. The van der Waals surface area contributed by atoms with Gasteiger partial charge in [-0.2, -0.15) is 0 Å². The van der Waals surface area contributed by atoms with Gasteiger partial charge in [0.1, 0.15) is 11.5 Å². The summed E-state index contributed by atoms with van der Waals surface area (Å²) < 4.78 is 5.08. The average Bonchev–Trinajstić information content (AvgIpc) is 2.24. The lowest BCUT2D eigenvalue weighted by Crippen LogP contribution is -2.49. The fraction of sp³-hybridized carbons (Fsp3) is 0.417. The van der Waals surface area contributed by atoms with E-state index in [1.165, 1.54) is 0 Å². The second-order valence-electron chi connectivity index (χ2n) is 4.22. The van der Waals surface area contributed by atoms with Gasteiger partial charge in [-0.05, 0) is 18.2 Å². The number of phenolic OH excluding ortho intramolecular Hbond substituents is 1. The maximum absolute atomic E-state index is 10.7. The topological polar surface area (TPSA) is 70.0 Å². The van der Waals surface area contributed by atoms with Crippen LogP contribution in [0, 0.1) is 5.92 Å². The van der Waals surface area contributed by atoms with Crippen LogP contribution < -0.4 is 4.74 Å². The third-order valence-electron chi connectivity index (χ3n) is 2.99. The van der Waals surface area contributed by atoms with Crippen molar-refractivity contribution in [2.75, 3.05) is 20.2 Å². The summed E-state index contributed by atoms with van der Waals surface area (Å²) in [6, 6.07) is 5.04. The fourth-order valence-electron chi connectivity index (χ4n) is 1.91. The number of likely N-dealkylation sites (tertiary alicyclic amines) is 1. The summed E-state index contributed by atoms with van der Waals surface area (Å²) in [5.41, 5.74) is 0.758. The lowest BCUT2D eigenvalue weighted by Gasteiger charge is -2.36. The quantitative estimate of drug-likeness (QED) is 0.814. The summed E-state index contributed by atoms with van der Waals surface area (Å²) in [6.45, 7) is 1.62. The van der Waals surface area contributed by atoms with Crippen LogP contribution in [0.2, 0.25) is 0 Å². The first-order valence-electron chi connectivity index (χ1n) is 5.41. The number of hydrogen-bond donors (Lipinski definition) is 2. The van der Waals surface area contributed by atoms with Gasteiger partial charge in [-0.1, -0.05) is 0 Å². The zero-order valence-corrected chi connectivity index (χ0v) is 9.59. The van der Waals surface area contributed by atoms with Gasteiger partial charge in [0, 0.05) is 25.2 Å².